The van der Waals surface area contributed by atoms with E-state index in [9.17, 15) is 0 Å². The Bertz CT molecular complexity index is 449. The number of unbranched alkanes of at least 4 members (excludes halogenated alkanes) is 4. The molecule has 1 heteroatoms. The first kappa shape index (κ1) is 17.4. The summed E-state index contributed by atoms with van der Waals surface area (Å²) in [4.78, 5) is 0. The molecule has 2 rings (SSSR count). The fourth-order valence-electron chi connectivity index (χ4n) is 4.07. The van der Waals surface area contributed by atoms with Crippen LogP contribution in [0.5, 0.6) is 5.75 Å². The predicted molar refractivity (Wildman–Crippen MR) is 95.7 cm³/mol. The summed E-state index contributed by atoms with van der Waals surface area (Å²) in [6, 6.07) is 8.74. The molecule has 0 radical (unpaired) electrons. The lowest BCUT2D eigenvalue weighted by Gasteiger charge is -2.45. The van der Waals surface area contributed by atoms with E-state index in [0.29, 0.717) is 11.8 Å². The van der Waals surface area contributed by atoms with Crippen LogP contribution in [-0.2, 0) is 0 Å². The summed E-state index contributed by atoms with van der Waals surface area (Å²) < 4.78 is 6.40. The lowest BCUT2D eigenvalue weighted by atomic mass is 9.70. The molecule has 0 fully saturated rings. The van der Waals surface area contributed by atoms with Crippen LogP contribution in [-0.4, -0.2) is 5.60 Å². The monoisotopic (exact) mass is 302 g/mol. The van der Waals surface area contributed by atoms with Crippen LogP contribution in [0.2, 0.25) is 0 Å². The number of benzene rings is 1. The Balaban J connectivity index is 2.22. The topological polar surface area (TPSA) is 9.23 Å². The maximum absolute atomic E-state index is 6.40. The average Bonchev–Trinajstić information content (AvgIpc) is 2.49. The lowest BCUT2D eigenvalue weighted by Crippen LogP contribution is -2.44. The molecule has 0 unspecified atom stereocenters. The molecule has 0 spiro atoms. The third-order valence-electron chi connectivity index (χ3n) is 5.31. The molecule has 1 aliphatic heterocycles. The smallest absolute Gasteiger partial charge is 0.123 e. The van der Waals surface area contributed by atoms with Crippen LogP contribution >= 0.6 is 0 Å². The summed E-state index contributed by atoms with van der Waals surface area (Å²) in [5.41, 5.74) is 1.42. The van der Waals surface area contributed by atoms with Gasteiger partial charge in [0.15, 0.2) is 0 Å². The van der Waals surface area contributed by atoms with E-state index in [1.165, 1.54) is 56.9 Å². The van der Waals surface area contributed by atoms with Crippen LogP contribution < -0.4 is 4.74 Å². The quantitative estimate of drug-likeness (QED) is 0.484. The summed E-state index contributed by atoms with van der Waals surface area (Å²) in [6.45, 7) is 9.18. The van der Waals surface area contributed by atoms with Gasteiger partial charge in [0.05, 0.1) is 0 Å². The lowest BCUT2D eigenvalue weighted by molar-refractivity contribution is 0.00243. The first-order valence-corrected chi connectivity index (χ1v) is 9.38. The van der Waals surface area contributed by atoms with Gasteiger partial charge in [0, 0.05) is 5.92 Å². The number of ether oxygens (including phenoxy) is 1. The highest BCUT2D eigenvalue weighted by molar-refractivity contribution is 5.40. The molecule has 1 aromatic carbocycles. The van der Waals surface area contributed by atoms with Crippen LogP contribution in [0, 0.1) is 5.92 Å². The highest BCUT2D eigenvalue weighted by Gasteiger charge is 2.42. The second-order valence-electron chi connectivity index (χ2n) is 7.45. The Hall–Kier alpha value is -0.980. The normalized spacial score (nSPS) is 22.9. The maximum Gasteiger partial charge on any atom is 0.123 e. The summed E-state index contributed by atoms with van der Waals surface area (Å²) in [5, 5.41) is 0. The zero-order chi connectivity index (χ0) is 16.0. The van der Waals surface area contributed by atoms with E-state index in [1.54, 1.807) is 0 Å². The molecule has 2 atom stereocenters. The van der Waals surface area contributed by atoms with Crippen molar-refractivity contribution in [3.05, 3.63) is 29.8 Å². The van der Waals surface area contributed by atoms with Gasteiger partial charge in [-0.3, -0.25) is 0 Å². The summed E-state index contributed by atoms with van der Waals surface area (Å²) in [6.07, 6.45) is 10.6. The Morgan fingerprint density at radius 2 is 1.55 bits per heavy atom. The van der Waals surface area contributed by atoms with Gasteiger partial charge in [0.25, 0.3) is 0 Å². The van der Waals surface area contributed by atoms with Gasteiger partial charge in [-0.2, -0.15) is 0 Å². The molecule has 1 aliphatic rings. The van der Waals surface area contributed by atoms with Crippen LogP contribution in [0.15, 0.2) is 24.3 Å². The molecule has 0 amide bonds. The second-order valence-corrected chi connectivity index (χ2v) is 7.45. The Morgan fingerprint density at radius 3 is 2.23 bits per heavy atom. The van der Waals surface area contributed by atoms with E-state index in [-0.39, 0.29) is 5.60 Å². The van der Waals surface area contributed by atoms with Gasteiger partial charge in [-0.1, -0.05) is 70.6 Å². The largest absolute Gasteiger partial charge is 0.487 e. The van der Waals surface area contributed by atoms with Crippen molar-refractivity contribution in [2.45, 2.75) is 90.6 Å². The van der Waals surface area contributed by atoms with Crippen molar-refractivity contribution in [3.8, 4) is 5.75 Å². The van der Waals surface area contributed by atoms with E-state index in [0.717, 1.165) is 5.75 Å². The van der Waals surface area contributed by atoms with Gasteiger partial charge in [0.1, 0.15) is 11.4 Å². The molecule has 0 bridgehead atoms. The molecular weight excluding hydrogens is 268 g/mol. The maximum atomic E-state index is 6.40. The standard InChI is InChI=1S/C21H34O/c1-5-7-9-13-17-18-14-11-12-16-20(18)22-21(3,4)19(17)15-10-8-6-2/h11-12,14,16-17,19H,5-10,13,15H2,1-4H3/t17-,19-/m1/s1. The van der Waals surface area contributed by atoms with Gasteiger partial charge in [-0.25, -0.2) is 0 Å². The third kappa shape index (κ3) is 4.06. The number of fused-ring (bicyclic) bond motifs is 1. The molecule has 0 saturated carbocycles. The first-order valence-electron chi connectivity index (χ1n) is 9.38. The molecule has 1 nitrogen and oxygen atoms in total. The molecule has 0 aliphatic carbocycles. The molecular formula is C21H34O. The van der Waals surface area contributed by atoms with Crippen LogP contribution in [0.3, 0.4) is 0 Å². The Labute approximate surface area is 137 Å². The van der Waals surface area contributed by atoms with Crippen molar-refractivity contribution >= 4 is 0 Å². The fraction of sp³-hybridized carbons (Fsp3) is 0.714. The molecule has 1 aromatic rings. The minimum absolute atomic E-state index is 0.0427. The Kier molecular flexibility index (Phi) is 6.35. The number of hydrogen-bond donors (Lipinski definition) is 0. The fourth-order valence-corrected chi connectivity index (χ4v) is 4.07. The van der Waals surface area contributed by atoms with Gasteiger partial charge in [-0.15, -0.1) is 0 Å². The second kappa shape index (κ2) is 8.04. The van der Waals surface area contributed by atoms with E-state index in [1.807, 2.05) is 0 Å². The molecule has 0 N–H and O–H groups in total. The molecule has 0 aromatic heterocycles. The van der Waals surface area contributed by atoms with Gasteiger partial charge < -0.3 is 4.74 Å². The van der Waals surface area contributed by atoms with Crippen molar-refractivity contribution < 1.29 is 4.74 Å². The SMILES string of the molecule is CCCCC[C@@H]1c2ccccc2OC(C)(C)[C@@H]1CCCCC. The molecule has 0 saturated heterocycles. The number of hydrogen-bond acceptors (Lipinski definition) is 1. The van der Waals surface area contributed by atoms with E-state index in [2.05, 4.69) is 52.0 Å². The summed E-state index contributed by atoms with van der Waals surface area (Å²) in [5.74, 6) is 2.44. The van der Waals surface area contributed by atoms with Gasteiger partial charge in [0.2, 0.25) is 0 Å². The zero-order valence-electron chi connectivity index (χ0n) is 15.0. The highest BCUT2D eigenvalue weighted by Crippen LogP contribution is 2.49. The van der Waals surface area contributed by atoms with E-state index in [4.69, 9.17) is 4.74 Å². The highest BCUT2D eigenvalue weighted by atomic mass is 16.5. The van der Waals surface area contributed by atoms with Gasteiger partial charge >= 0.3 is 0 Å². The van der Waals surface area contributed by atoms with Crippen molar-refractivity contribution in [3.63, 3.8) is 0 Å². The molecule has 22 heavy (non-hydrogen) atoms. The van der Waals surface area contributed by atoms with Crippen molar-refractivity contribution in [1.29, 1.82) is 0 Å². The Morgan fingerprint density at radius 1 is 0.909 bits per heavy atom. The summed E-state index contributed by atoms with van der Waals surface area (Å²) in [7, 11) is 0. The number of para-hydroxylation sites is 1. The van der Waals surface area contributed by atoms with Crippen LogP contribution in [0.1, 0.15) is 90.5 Å². The van der Waals surface area contributed by atoms with Crippen LogP contribution in [0.4, 0.5) is 0 Å². The first-order chi connectivity index (χ1) is 10.6. The summed E-state index contributed by atoms with van der Waals surface area (Å²) >= 11 is 0. The zero-order valence-corrected chi connectivity index (χ0v) is 15.0. The third-order valence-corrected chi connectivity index (χ3v) is 5.31. The van der Waals surface area contributed by atoms with E-state index >= 15 is 0 Å². The molecule has 124 valence electrons. The minimum atomic E-state index is -0.0427. The van der Waals surface area contributed by atoms with Crippen molar-refractivity contribution in [1.82, 2.24) is 0 Å². The number of rotatable bonds is 8. The minimum Gasteiger partial charge on any atom is -0.487 e. The molecule has 1 heterocycles. The predicted octanol–water partition coefficient (Wildman–Crippen LogP) is 6.72. The van der Waals surface area contributed by atoms with Crippen molar-refractivity contribution in [2.75, 3.05) is 0 Å². The van der Waals surface area contributed by atoms with Crippen molar-refractivity contribution in [2.24, 2.45) is 5.92 Å². The average molecular weight is 303 g/mol. The van der Waals surface area contributed by atoms with E-state index < -0.39 is 0 Å². The van der Waals surface area contributed by atoms with Crippen LogP contribution in [0.25, 0.3) is 0 Å². The van der Waals surface area contributed by atoms with Gasteiger partial charge in [-0.05, 0) is 44.2 Å².